The van der Waals surface area contributed by atoms with Crippen LogP contribution in [-0.4, -0.2) is 67.8 Å². The molecule has 1 fully saturated rings. The van der Waals surface area contributed by atoms with Crippen LogP contribution in [0, 0.1) is 0 Å². The molecule has 0 spiro atoms. The minimum absolute atomic E-state index is 0.158. The van der Waals surface area contributed by atoms with Crippen molar-refractivity contribution in [2.75, 3.05) is 26.2 Å². The van der Waals surface area contributed by atoms with Crippen molar-refractivity contribution < 1.29 is 23.1 Å². The molecule has 1 aromatic heterocycles. The molecule has 2 heterocycles. The summed E-state index contributed by atoms with van der Waals surface area (Å²) in [5.41, 5.74) is 0.133. The van der Waals surface area contributed by atoms with Gasteiger partial charge in [0.05, 0.1) is 5.56 Å². The average Bonchev–Trinajstić information content (AvgIpc) is 3.09. The quantitative estimate of drug-likeness (QED) is 0.868. The van der Waals surface area contributed by atoms with Gasteiger partial charge in [0.25, 0.3) is 0 Å². The highest BCUT2D eigenvalue weighted by Crippen LogP contribution is 2.33. The summed E-state index contributed by atoms with van der Waals surface area (Å²) in [6.07, 6.45) is -5.43. The van der Waals surface area contributed by atoms with Gasteiger partial charge in [0.2, 0.25) is 0 Å². The number of aromatic amines is 1. The standard InChI is InChI=1S/C14H15F3N6O2/c15-14(16,17)10-2-1-9(11(7-10)12-18-20-21-19-12)8-22-3-5-23(6-4-22)13(24)25/h1-2,7H,3-6,8H2,(H,24,25)(H,18,19,20,21). The molecule has 1 aliphatic heterocycles. The van der Waals surface area contributed by atoms with E-state index in [0.717, 1.165) is 12.1 Å². The first kappa shape index (κ1) is 17.1. The molecule has 1 aliphatic rings. The maximum Gasteiger partial charge on any atom is 0.416 e. The van der Waals surface area contributed by atoms with E-state index in [-0.39, 0.29) is 11.4 Å². The van der Waals surface area contributed by atoms with Gasteiger partial charge in [0.1, 0.15) is 0 Å². The second-order valence-electron chi connectivity index (χ2n) is 5.67. The Bertz CT molecular complexity index is 742. The number of aromatic nitrogens is 4. The van der Waals surface area contributed by atoms with Crippen molar-refractivity contribution in [1.82, 2.24) is 30.4 Å². The monoisotopic (exact) mass is 356 g/mol. The number of tetrazole rings is 1. The van der Waals surface area contributed by atoms with E-state index < -0.39 is 17.8 Å². The van der Waals surface area contributed by atoms with Crippen LogP contribution < -0.4 is 0 Å². The number of halogens is 3. The fraction of sp³-hybridized carbons (Fsp3) is 0.429. The van der Waals surface area contributed by atoms with Crippen LogP contribution in [0.4, 0.5) is 18.0 Å². The van der Waals surface area contributed by atoms with E-state index in [1.54, 1.807) is 0 Å². The number of benzene rings is 1. The van der Waals surface area contributed by atoms with E-state index in [1.807, 2.05) is 4.90 Å². The maximum absolute atomic E-state index is 13.0. The molecule has 1 amide bonds. The summed E-state index contributed by atoms with van der Waals surface area (Å²) in [6, 6.07) is 3.45. The normalized spacial score (nSPS) is 16.2. The number of hydrogen-bond acceptors (Lipinski definition) is 5. The largest absolute Gasteiger partial charge is 0.465 e. The van der Waals surface area contributed by atoms with Gasteiger partial charge in [0.15, 0.2) is 5.82 Å². The molecule has 0 unspecified atom stereocenters. The lowest BCUT2D eigenvalue weighted by atomic mass is 10.0. The van der Waals surface area contributed by atoms with Gasteiger partial charge in [-0.15, -0.1) is 5.10 Å². The van der Waals surface area contributed by atoms with E-state index in [1.165, 1.54) is 11.0 Å². The first-order valence-electron chi connectivity index (χ1n) is 7.49. The SMILES string of the molecule is O=C(O)N1CCN(Cc2ccc(C(F)(F)F)cc2-c2nnn[nH]2)CC1. The molecule has 0 saturated carbocycles. The van der Waals surface area contributed by atoms with E-state index in [0.29, 0.717) is 38.3 Å². The molecule has 2 aromatic rings. The highest BCUT2D eigenvalue weighted by atomic mass is 19.4. The van der Waals surface area contributed by atoms with Crippen LogP contribution in [0.15, 0.2) is 18.2 Å². The van der Waals surface area contributed by atoms with Crippen molar-refractivity contribution in [3.05, 3.63) is 29.3 Å². The van der Waals surface area contributed by atoms with Gasteiger partial charge in [0, 0.05) is 38.3 Å². The Morgan fingerprint density at radius 2 is 1.96 bits per heavy atom. The summed E-state index contributed by atoms with van der Waals surface area (Å²) < 4.78 is 39.0. The highest BCUT2D eigenvalue weighted by molar-refractivity contribution is 5.65. The third kappa shape index (κ3) is 3.87. The molecule has 8 nitrogen and oxygen atoms in total. The van der Waals surface area contributed by atoms with Crippen LogP contribution >= 0.6 is 0 Å². The van der Waals surface area contributed by atoms with Gasteiger partial charge in [-0.2, -0.15) is 13.2 Å². The molecule has 1 saturated heterocycles. The lowest BCUT2D eigenvalue weighted by Gasteiger charge is -2.33. The predicted molar refractivity (Wildman–Crippen MR) is 79.5 cm³/mol. The molecule has 2 N–H and O–H groups in total. The second kappa shape index (κ2) is 6.67. The number of carboxylic acid groups (broad SMARTS) is 1. The number of nitrogens with zero attached hydrogens (tertiary/aromatic N) is 5. The first-order valence-corrected chi connectivity index (χ1v) is 7.49. The minimum atomic E-state index is -4.46. The zero-order valence-electron chi connectivity index (χ0n) is 13.0. The first-order chi connectivity index (χ1) is 11.8. The zero-order valence-corrected chi connectivity index (χ0v) is 13.0. The molecule has 25 heavy (non-hydrogen) atoms. The smallest absolute Gasteiger partial charge is 0.416 e. The molecule has 0 radical (unpaired) electrons. The van der Waals surface area contributed by atoms with Crippen molar-refractivity contribution in [3.63, 3.8) is 0 Å². The van der Waals surface area contributed by atoms with Crippen molar-refractivity contribution in [3.8, 4) is 11.4 Å². The van der Waals surface area contributed by atoms with Crippen molar-refractivity contribution in [2.24, 2.45) is 0 Å². The minimum Gasteiger partial charge on any atom is -0.465 e. The van der Waals surface area contributed by atoms with Gasteiger partial charge in [-0.1, -0.05) is 6.07 Å². The number of alkyl halides is 3. The highest BCUT2D eigenvalue weighted by Gasteiger charge is 2.32. The molecular formula is C14H15F3N6O2. The summed E-state index contributed by atoms with van der Waals surface area (Å²) >= 11 is 0. The van der Waals surface area contributed by atoms with Crippen LogP contribution in [0.1, 0.15) is 11.1 Å². The lowest BCUT2D eigenvalue weighted by Crippen LogP contribution is -2.47. The van der Waals surface area contributed by atoms with Gasteiger partial charge < -0.3 is 10.0 Å². The number of amides is 1. The summed E-state index contributed by atoms with van der Waals surface area (Å²) in [5, 5.41) is 22.0. The number of H-pyrrole nitrogens is 1. The summed E-state index contributed by atoms with van der Waals surface area (Å²) in [6.45, 7) is 2.09. The molecule has 0 bridgehead atoms. The number of carbonyl (C=O) groups is 1. The Balaban J connectivity index is 1.83. The molecule has 11 heteroatoms. The molecule has 3 rings (SSSR count). The number of nitrogens with one attached hydrogen (secondary N) is 1. The Morgan fingerprint density at radius 1 is 1.24 bits per heavy atom. The fourth-order valence-electron chi connectivity index (χ4n) is 2.72. The van der Waals surface area contributed by atoms with Gasteiger partial charge in [-0.25, -0.2) is 9.89 Å². The number of piperazine rings is 1. The zero-order chi connectivity index (χ0) is 18.0. The van der Waals surface area contributed by atoms with E-state index in [4.69, 9.17) is 5.11 Å². The molecule has 0 atom stereocenters. The van der Waals surface area contributed by atoms with Crippen LogP contribution in [-0.2, 0) is 12.7 Å². The third-order valence-corrected chi connectivity index (χ3v) is 4.07. The van der Waals surface area contributed by atoms with Crippen LogP contribution in [0.25, 0.3) is 11.4 Å². The Kier molecular flexibility index (Phi) is 4.57. The van der Waals surface area contributed by atoms with Crippen molar-refractivity contribution >= 4 is 6.09 Å². The van der Waals surface area contributed by atoms with Gasteiger partial charge >= 0.3 is 12.3 Å². The van der Waals surface area contributed by atoms with Crippen LogP contribution in [0.2, 0.25) is 0 Å². The number of rotatable bonds is 3. The predicted octanol–water partition coefficient (Wildman–Crippen LogP) is 1.68. The fourth-order valence-corrected chi connectivity index (χ4v) is 2.72. The van der Waals surface area contributed by atoms with E-state index in [9.17, 15) is 18.0 Å². The molecule has 0 aliphatic carbocycles. The Labute approximate surface area is 140 Å². The second-order valence-corrected chi connectivity index (χ2v) is 5.67. The maximum atomic E-state index is 13.0. The molecular weight excluding hydrogens is 341 g/mol. The lowest BCUT2D eigenvalue weighted by molar-refractivity contribution is -0.137. The van der Waals surface area contributed by atoms with Crippen LogP contribution in [0.3, 0.4) is 0 Å². The van der Waals surface area contributed by atoms with Gasteiger partial charge in [-0.05, 0) is 28.1 Å². The van der Waals surface area contributed by atoms with Gasteiger partial charge in [-0.3, -0.25) is 4.90 Å². The third-order valence-electron chi connectivity index (χ3n) is 4.07. The summed E-state index contributed by atoms with van der Waals surface area (Å²) in [5.74, 6) is 0.158. The van der Waals surface area contributed by atoms with Crippen molar-refractivity contribution in [2.45, 2.75) is 12.7 Å². The average molecular weight is 356 g/mol. The van der Waals surface area contributed by atoms with E-state index >= 15 is 0 Å². The van der Waals surface area contributed by atoms with Crippen LogP contribution in [0.5, 0.6) is 0 Å². The topological polar surface area (TPSA) is 98.2 Å². The summed E-state index contributed by atoms with van der Waals surface area (Å²) in [7, 11) is 0. The number of hydrogen-bond donors (Lipinski definition) is 2. The Hall–Kier alpha value is -2.69. The summed E-state index contributed by atoms with van der Waals surface area (Å²) in [4.78, 5) is 14.2. The Morgan fingerprint density at radius 3 is 2.52 bits per heavy atom. The molecule has 1 aromatic carbocycles. The van der Waals surface area contributed by atoms with Crippen molar-refractivity contribution in [1.29, 1.82) is 0 Å². The molecule has 134 valence electrons. The van der Waals surface area contributed by atoms with E-state index in [2.05, 4.69) is 20.6 Å².